The third-order valence-corrected chi connectivity index (χ3v) is 5.53. The maximum Gasteiger partial charge on any atom is 0.225 e. The van der Waals surface area contributed by atoms with Crippen LogP contribution >= 0.6 is 11.8 Å². The van der Waals surface area contributed by atoms with Gasteiger partial charge in [-0.15, -0.1) is 0 Å². The van der Waals surface area contributed by atoms with E-state index in [1.165, 1.54) is 5.56 Å². The quantitative estimate of drug-likeness (QED) is 0.399. The molecule has 4 heteroatoms. The zero-order valence-electron chi connectivity index (χ0n) is 15.8. The lowest BCUT2D eigenvalue weighted by molar-refractivity contribution is -0.116. The van der Waals surface area contributed by atoms with Gasteiger partial charge in [0.1, 0.15) is 11.1 Å². The van der Waals surface area contributed by atoms with Crippen molar-refractivity contribution in [3.05, 3.63) is 90.0 Å². The van der Waals surface area contributed by atoms with E-state index in [1.54, 1.807) is 25.8 Å². The molecule has 3 aromatic carbocycles. The smallest absolute Gasteiger partial charge is 0.225 e. The molecule has 0 saturated heterocycles. The Morgan fingerprint density at radius 3 is 2.11 bits per heavy atom. The lowest BCUT2D eigenvalue weighted by atomic mass is 10.2. The molecule has 0 bridgehead atoms. The first-order chi connectivity index (χ1) is 13.1. The van der Waals surface area contributed by atoms with Crippen LogP contribution in [-0.2, 0) is 4.79 Å². The largest absolute Gasteiger partial charge is 0.497 e. The number of thioether (sulfide) groups is 1. The fraction of sp³-hybridized carbons (Fsp3) is 0.174. The third-order valence-electron chi connectivity index (χ3n) is 4.28. The van der Waals surface area contributed by atoms with Crippen LogP contribution in [0.5, 0.6) is 5.75 Å². The van der Waals surface area contributed by atoms with E-state index in [9.17, 15) is 4.79 Å². The molecule has 3 rings (SSSR count). The SMILES string of the molecule is COc1ccc(N(C(C)=O)[C@H](Sc2ccc(C)cc2)c2ccccc2)cc1. The molecule has 27 heavy (non-hydrogen) atoms. The molecule has 3 aromatic rings. The summed E-state index contributed by atoms with van der Waals surface area (Å²) in [4.78, 5) is 15.6. The lowest BCUT2D eigenvalue weighted by Crippen LogP contribution is -2.31. The predicted molar refractivity (Wildman–Crippen MR) is 112 cm³/mol. The highest BCUT2D eigenvalue weighted by molar-refractivity contribution is 7.99. The minimum Gasteiger partial charge on any atom is -0.497 e. The number of hydrogen-bond acceptors (Lipinski definition) is 3. The predicted octanol–water partition coefficient (Wildman–Crippen LogP) is 5.85. The molecular formula is C23H23NO2S. The minimum atomic E-state index is -0.167. The Morgan fingerprint density at radius 1 is 0.926 bits per heavy atom. The molecule has 0 fully saturated rings. The molecular weight excluding hydrogens is 354 g/mol. The Kier molecular flexibility index (Phi) is 6.20. The summed E-state index contributed by atoms with van der Waals surface area (Å²) in [6, 6.07) is 26.1. The van der Waals surface area contributed by atoms with Crippen LogP contribution in [0.15, 0.2) is 83.8 Å². The van der Waals surface area contributed by atoms with Gasteiger partial charge in [0.25, 0.3) is 0 Å². The summed E-state index contributed by atoms with van der Waals surface area (Å²) in [5.74, 6) is 0.762. The van der Waals surface area contributed by atoms with E-state index in [0.717, 1.165) is 21.9 Å². The molecule has 1 atom stereocenters. The number of benzene rings is 3. The van der Waals surface area contributed by atoms with Crippen molar-refractivity contribution in [3.8, 4) is 5.75 Å². The van der Waals surface area contributed by atoms with Gasteiger partial charge in [0.2, 0.25) is 5.91 Å². The fourth-order valence-electron chi connectivity index (χ4n) is 2.86. The average molecular weight is 378 g/mol. The Balaban J connectivity index is 2.02. The van der Waals surface area contributed by atoms with Gasteiger partial charge in [-0.3, -0.25) is 9.69 Å². The number of amides is 1. The molecule has 0 radical (unpaired) electrons. The second kappa shape index (κ2) is 8.78. The highest BCUT2D eigenvalue weighted by Gasteiger charge is 2.25. The van der Waals surface area contributed by atoms with Gasteiger partial charge in [0.05, 0.1) is 7.11 Å². The van der Waals surface area contributed by atoms with Gasteiger partial charge in [-0.1, -0.05) is 59.8 Å². The molecule has 0 aliphatic rings. The fourth-order valence-corrected chi connectivity index (χ4v) is 4.08. The molecule has 0 aromatic heterocycles. The first kappa shape index (κ1) is 19.1. The van der Waals surface area contributed by atoms with Crippen LogP contribution in [-0.4, -0.2) is 13.0 Å². The van der Waals surface area contributed by atoms with Gasteiger partial charge in [-0.25, -0.2) is 0 Å². The molecule has 0 N–H and O–H groups in total. The van der Waals surface area contributed by atoms with Gasteiger partial charge < -0.3 is 4.74 Å². The van der Waals surface area contributed by atoms with Crippen molar-refractivity contribution in [3.63, 3.8) is 0 Å². The number of nitrogens with zero attached hydrogens (tertiary/aromatic N) is 1. The van der Waals surface area contributed by atoms with Gasteiger partial charge >= 0.3 is 0 Å². The molecule has 0 unspecified atom stereocenters. The van der Waals surface area contributed by atoms with E-state index in [1.807, 2.05) is 47.4 Å². The number of rotatable bonds is 6. The summed E-state index contributed by atoms with van der Waals surface area (Å²) >= 11 is 1.67. The Bertz CT molecular complexity index is 877. The van der Waals surface area contributed by atoms with Gasteiger partial charge in [0.15, 0.2) is 0 Å². The van der Waals surface area contributed by atoms with Crippen LogP contribution in [0.25, 0.3) is 0 Å². The minimum absolute atomic E-state index is 0.00590. The highest BCUT2D eigenvalue weighted by atomic mass is 32.2. The van der Waals surface area contributed by atoms with Crippen molar-refractivity contribution in [2.45, 2.75) is 24.1 Å². The van der Waals surface area contributed by atoms with Gasteiger partial charge in [-0.05, 0) is 48.9 Å². The van der Waals surface area contributed by atoms with Crippen LogP contribution in [0, 0.1) is 6.92 Å². The Labute approximate surface area is 165 Å². The van der Waals surface area contributed by atoms with E-state index in [2.05, 4.69) is 43.3 Å². The summed E-state index contributed by atoms with van der Waals surface area (Å²) in [5.41, 5.74) is 3.14. The molecule has 1 amide bonds. The van der Waals surface area contributed by atoms with Crippen molar-refractivity contribution in [1.82, 2.24) is 0 Å². The molecule has 0 saturated carbocycles. The van der Waals surface area contributed by atoms with Gasteiger partial charge in [-0.2, -0.15) is 0 Å². The standard InChI is InChI=1S/C23H23NO2S/c1-17-9-15-22(16-10-17)27-23(19-7-5-4-6-8-19)24(18(2)25)20-11-13-21(26-3)14-12-20/h4-16,23H,1-3H3/t23-/m1/s1. The molecule has 0 aliphatic heterocycles. The molecule has 0 heterocycles. The first-order valence-corrected chi connectivity index (χ1v) is 9.68. The summed E-state index contributed by atoms with van der Waals surface area (Å²) in [6.45, 7) is 3.68. The van der Waals surface area contributed by atoms with Crippen LogP contribution in [0.4, 0.5) is 5.69 Å². The van der Waals surface area contributed by atoms with E-state index in [0.29, 0.717) is 0 Å². The second-order valence-electron chi connectivity index (χ2n) is 6.28. The van der Waals surface area contributed by atoms with Gasteiger partial charge in [0, 0.05) is 17.5 Å². The number of ether oxygens (including phenoxy) is 1. The Hall–Kier alpha value is -2.72. The number of aryl methyl sites for hydroxylation is 1. The van der Waals surface area contributed by atoms with Crippen LogP contribution in [0.3, 0.4) is 0 Å². The maximum atomic E-state index is 12.6. The maximum absolute atomic E-state index is 12.6. The summed E-state index contributed by atoms with van der Waals surface area (Å²) < 4.78 is 5.25. The van der Waals surface area contributed by atoms with Crippen LogP contribution in [0.1, 0.15) is 23.4 Å². The molecule has 0 spiro atoms. The van der Waals surface area contributed by atoms with Crippen molar-refractivity contribution in [1.29, 1.82) is 0 Å². The Morgan fingerprint density at radius 2 is 1.56 bits per heavy atom. The molecule has 3 nitrogen and oxygen atoms in total. The summed E-state index contributed by atoms with van der Waals surface area (Å²) in [6.07, 6.45) is 0. The van der Waals surface area contributed by atoms with Crippen molar-refractivity contribution in [2.75, 3.05) is 12.0 Å². The van der Waals surface area contributed by atoms with E-state index < -0.39 is 0 Å². The number of methoxy groups -OCH3 is 1. The average Bonchev–Trinajstić information content (AvgIpc) is 2.70. The zero-order chi connectivity index (χ0) is 19.2. The summed E-state index contributed by atoms with van der Waals surface area (Å²) in [7, 11) is 1.64. The van der Waals surface area contributed by atoms with Crippen LogP contribution < -0.4 is 9.64 Å². The monoisotopic (exact) mass is 377 g/mol. The summed E-state index contributed by atoms with van der Waals surface area (Å²) in [5, 5.41) is -0.167. The number of hydrogen-bond donors (Lipinski definition) is 0. The number of carbonyl (C=O) groups excluding carboxylic acids is 1. The van der Waals surface area contributed by atoms with Crippen molar-refractivity contribution in [2.24, 2.45) is 0 Å². The topological polar surface area (TPSA) is 29.5 Å². The lowest BCUT2D eigenvalue weighted by Gasteiger charge is -2.31. The van der Waals surface area contributed by atoms with Crippen molar-refractivity contribution >= 4 is 23.4 Å². The normalized spacial score (nSPS) is 11.7. The van der Waals surface area contributed by atoms with E-state index in [4.69, 9.17) is 4.74 Å². The third kappa shape index (κ3) is 4.72. The number of anilines is 1. The second-order valence-corrected chi connectivity index (χ2v) is 7.43. The number of carbonyl (C=O) groups is 1. The molecule has 138 valence electrons. The van der Waals surface area contributed by atoms with Crippen molar-refractivity contribution < 1.29 is 9.53 Å². The van der Waals surface area contributed by atoms with E-state index in [-0.39, 0.29) is 11.3 Å². The molecule has 0 aliphatic carbocycles. The van der Waals surface area contributed by atoms with E-state index >= 15 is 0 Å². The zero-order valence-corrected chi connectivity index (χ0v) is 16.6. The highest BCUT2D eigenvalue weighted by Crippen LogP contribution is 2.41. The first-order valence-electron chi connectivity index (χ1n) is 8.80. The van der Waals surface area contributed by atoms with Crippen LogP contribution in [0.2, 0.25) is 0 Å².